The Morgan fingerprint density at radius 2 is 0.597 bits per heavy atom. The number of hydrogen-bond acceptors (Lipinski definition) is 4. The van der Waals surface area contributed by atoms with Gasteiger partial charge in [0.15, 0.2) is 0 Å². The maximum Gasteiger partial charge on any atom is 0.220 e. The summed E-state index contributed by atoms with van der Waals surface area (Å²) in [7, 11) is 0. The molecule has 0 aromatic heterocycles. The lowest BCUT2D eigenvalue weighted by atomic mass is 10.0. The Hall–Kier alpha value is -1.17. The summed E-state index contributed by atoms with van der Waals surface area (Å²) in [6.45, 7) is 4.21. The van der Waals surface area contributed by atoms with Gasteiger partial charge in [-0.1, -0.05) is 295 Å². The molecule has 4 N–H and O–H groups in total. The summed E-state index contributed by atoms with van der Waals surface area (Å²) in [6.07, 6.45) is 73.6. The largest absolute Gasteiger partial charge is 0.394 e. The van der Waals surface area contributed by atoms with Gasteiger partial charge >= 0.3 is 0 Å². The number of carbonyl (C=O) groups is 1. The number of unbranched alkanes of at least 4 members (excludes halogenated alkanes) is 45. The van der Waals surface area contributed by atoms with Crippen molar-refractivity contribution < 1.29 is 20.1 Å². The fraction of sp³-hybridized carbons (Fsp3) is 0.919. The van der Waals surface area contributed by atoms with Crippen LogP contribution in [-0.2, 0) is 4.79 Å². The summed E-state index contributed by atoms with van der Waals surface area (Å²) in [5.41, 5.74) is 0. The molecule has 0 aliphatic carbocycles. The highest BCUT2D eigenvalue weighted by molar-refractivity contribution is 5.76. The van der Waals surface area contributed by atoms with E-state index < -0.39 is 18.2 Å². The Balaban J connectivity index is 3.50. The number of rotatable bonds is 57. The topological polar surface area (TPSA) is 89.8 Å². The Bertz CT molecular complexity index is 998. The van der Waals surface area contributed by atoms with E-state index in [4.69, 9.17) is 0 Å². The number of amides is 1. The maximum absolute atomic E-state index is 12.5. The van der Waals surface area contributed by atoms with Crippen LogP contribution in [0.5, 0.6) is 0 Å². The summed E-state index contributed by atoms with van der Waals surface area (Å²) in [5.74, 6) is -0.148. The SMILES string of the molecule is CCCCCCCCCCCCCC/C=C\CCCCCCCCCCCCCCCCCCCC(=O)NC(CO)C(O)C(O)CCC/C=C/CCCCCCCCCCCCCCCCC. The minimum Gasteiger partial charge on any atom is -0.394 e. The van der Waals surface area contributed by atoms with E-state index in [9.17, 15) is 20.1 Å². The standard InChI is InChI=1S/C62H121NO4/c1-3-5-7-9-11-13-15-17-19-21-23-25-26-27-28-29-30-31-32-33-34-35-36-37-39-41-43-45-47-49-51-53-55-57-61(66)63-59(58-64)62(67)60(65)56-54-52-50-48-46-44-42-40-38-24-22-20-18-16-14-12-10-8-6-4-2/h27-28,48,50,59-60,62,64-65,67H,3-26,29-47,49,51-58H2,1-2H3,(H,63,66)/b28-27-,50-48+. The summed E-state index contributed by atoms with van der Waals surface area (Å²) < 4.78 is 0. The number of aliphatic hydroxyl groups excluding tert-OH is 3. The van der Waals surface area contributed by atoms with Crippen molar-refractivity contribution >= 4 is 5.91 Å². The molecule has 3 atom stereocenters. The van der Waals surface area contributed by atoms with Crippen molar-refractivity contribution in [3.8, 4) is 0 Å². The van der Waals surface area contributed by atoms with Crippen LogP contribution in [0.15, 0.2) is 24.3 Å². The van der Waals surface area contributed by atoms with E-state index in [1.807, 2.05) is 0 Å². The van der Waals surface area contributed by atoms with E-state index in [1.165, 1.54) is 276 Å². The Morgan fingerprint density at radius 3 is 0.866 bits per heavy atom. The van der Waals surface area contributed by atoms with E-state index in [-0.39, 0.29) is 12.5 Å². The average molecular weight is 945 g/mol. The monoisotopic (exact) mass is 944 g/mol. The summed E-state index contributed by atoms with van der Waals surface area (Å²) in [5, 5.41) is 33.8. The van der Waals surface area contributed by atoms with Crippen LogP contribution in [-0.4, -0.2) is 46.1 Å². The molecule has 1 amide bonds. The third kappa shape index (κ3) is 52.5. The van der Waals surface area contributed by atoms with Gasteiger partial charge in [-0.3, -0.25) is 4.79 Å². The predicted molar refractivity (Wildman–Crippen MR) is 296 cm³/mol. The number of hydrogen-bond donors (Lipinski definition) is 4. The molecule has 0 heterocycles. The Morgan fingerprint density at radius 1 is 0.358 bits per heavy atom. The van der Waals surface area contributed by atoms with Crippen LogP contribution in [0.2, 0.25) is 0 Å². The van der Waals surface area contributed by atoms with Gasteiger partial charge in [-0.05, 0) is 64.2 Å². The van der Waals surface area contributed by atoms with Crippen molar-refractivity contribution in [2.24, 2.45) is 0 Å². The van der Waals surface area contributed by atoms with Crippen LogP contribution >= 0.6 is 0 Å². The van der Waals surface area contributed by atoms with Crippen LogP contribution in [0.4, 0.5) is 0 Å². The molecule has 5 heteroatoms. The van der Waals surface area contributed by atoms with Crippen molar-refractivity contribution in [2.75, 3.05) is 6.61 Å². The van der Waals surface area contributed by atoms with E-state index in [0.717, 1.165) is 38.5 Å². The van der Waals surface area contributed by atoms with Gasteiger partial charge in [0.2, 0.25) is 5.91 Å². The second kappa shape index (κ2) is 57.4. The third-order valence-corrected chi connectivity index (χ3v) is 14.5. The van der Waals surface area contributed by atoms with E-state index in [2.05, 4.69) is 43.5 Å². The summed E-state index contributed by atoms with van der Waals surface area (Å²) >= 11 is 0. The average Bonchev–Trinajstić information content (AvgIpc) is 3.33. The normalized spacial score (nSPS) is 13.3. The van der Waals surface area contributed by atoms with Gasteiger partial charge in [-0.25, -0.2) is 0 Å². The van der Waals surface area contributed by atoms with Gasteiger partial charge in [-0.15, -0.1) is 0 Å². The highest BCUT2D eigenvalue weighted by atomic mass is 16.3. The predicted octanol–water partition coefficient (Wildman–Crippen LogP) is 19.2. The van der Waals surface area contributed by atoms with Crippen molar-refractivity contribution in [2.45, 2.75) is 360 Å². The number of allylic oxidation sites excluding steroid dienone is 4. The van der Waals surface area contributed by atoms with Crippen LogP contribution in [0.3, 0.4) is 0 Å². The minimum absolute atomic E-state index is 0.148. The van der Waals surface area contributed by atoms with Crippen LogP contribution in [0, 0.1) is 0 Å². The third-order valence-electron chi connectivity index (χ3n) is 14.5. The van der Waals surface area contributed by atoms with Gasteiger partial charge in [0, 0.05) is 6.42 Å². The minimum atomic E-state index is -1.16. The fourth-order valence-corrected chi connectivity index (χ4v) is 9.81. The zero-order valence-electron chi connectivity index (χ0n) is 45.6. The van der Waals surface area contributed by atoms with E-state index >= 15 is 0 Å². The lowest BCUT2D eigenvalue weighted by molar-refractivity contribution is -0.124. The first kappa shape index (κ1) is 65.8. The summed E-state index contributed by atoms with van der Waals surface area (Å²) in [6, 6.07) is -0.825. The van der Waals surface area contributed by atoms with Crippen LogP contribution in [0.25, 0.3) is 0 Å². The second-order valence-electron chi connectivity index (χ2n) is 21.3. The number of aliphatic hydroxyl groups is 3. The molecule has 0 aromatic carbocycles. The molecule has 0 saturated heterocycles. The van der Waals surface area contributed by atoms with Gasteiger partial charge < -0.3 is 20.6 Å². The van der Waals surface area contributed by atoms with Crippen LogP contribution < -0.4 is 5.32 Å². The summed E-state index contributed by atoms with van der Waals surface area (Å²) in [4.78, 5) is 12.5. The number of carbonyl (C=O) groups excluding carboxylic acids is 1. The molecule has 0 aliphatic rings. The van der Waals surface area contributed by atoms with Gasteiger partial charge in [0.05, 0.1) is 18.8 Å². The molecule has 67 heavy (non-hydrogen) atoms. The lowest BCUT2D eigenvalue weighted by Gasteiger charge is -2.26. The molecule has 0 aromatic rings. The zero-order valence-corrected chi connectivity index (χ0v) is 45.6. The molecule has 0 bridgehead atoms. The Kier molecular flexibility index (Phi) is 56.4. The molecule has 0 fully saturated rings. The fourth-order valence-electron chi connectivity index (χ4n) is 9.81. The molecular weight excluding hydrogens is 823 g/mol. The molecule has 0 spiro atoms. The van der Waals surface area contributed by atoms with E-state index in [1.54, 1.807) is 0 Å². The molecule has 0 saturated carbocycles. The smallest absolute Gasteiger partial charge is 0.220 e. The molecule has 0 radical (unpaired) electrons. The molecule has 398 valence electrons. The van der Waals surface area contributed by atoms with Crippen LogP contribution in [0.1, 0.15) is 341 Å². The molecule has 0 aliphatic heterocycles. The van der Waals surface area contributed by atoms with Crippen molar-refractivity contribution in [1.29, 1.82) is 0 Å². The maximum atomic E-state index is 12.5. The molecule has 5 nitrogen and oxygen atoms in total. The first-order valence-electron chi connectivity index (χ1n) is 30.6. The van der Waals surface area contributed by atoms with Crippen molar-refractivity contribution in [3.05, 3.63) is 24.3 Å². The Labute approximate surface area is 420 Å². The van der Waals surface area contributed by atoms with Crippen molar-refractivity contribution in [3.63, 3.8) is 0 Å². The van der Waals surface area contributed by atoms with Gasteiger partial charge in [0.25, 0.3) is 0 Å². The highest BCUT2D eigenvalue weighted by Crippen LogP contribution is 2.18. The van der Waals surface area contributed by atoms with E-state index in [0.29, 0.717) is 12.8 Å². The second-order valence-corrected chi connectivity index (χ2v) is 21.3. The quantitative estimate of drug-likeness (QED) is 0.0361. The molecule has 0 rings (SSSR count). The number of nitrogens with one attached hydrogen (secondary N) is 1. The van der Waals surface area contributed by atoms with Gasteiger partial charge in [-0.2, -0.15) is 0 Å². The molecular formula is C62H121NO4. The molecule has 3 unspecified atom stereocenters. The highest BCUT2D eigenvalue weighted by Gasteiger charge is 2.26. The van der Waals surface area contributed by atoms with Gasteiger partial charge in [0.1, 0.15) is 6.10 Å². The van der Waals surface area contributed by atoms with Crippen molar-refractivity contribution in [1.82, 2.24) is 5.32 Å². The first-order chi connectivity index (χ1) is 33.1. The zero-order chi connectivity index (χ0) is 48.6. The first-order valence-corrected chi connectivity index (χ1v) is 30.6. The lowest BCUT2D eigenvalue weighted by Crippen LogP contribution is -2.50.